The number of nitrogens with zero attached hydrogens (tertiary/aromatic N) is 2. The number of benzene rings is 2. The van der Waals surface area contributed by atoms with E-state index in [1.807, 2.05) is 63.2 Å². The fourth-order valence-electron chi connectivity index (χ4n) is 4.18. The minimum Gasteiger partial charge on any atom is -0.327 e. The Labute approximate surface area is 181 Å². The Morgan fingerprint density at radius 1 is 1.03 bits per heavy atom. The maximum atomic E-state index is 13.2. The molecule has 2 aromatic rings. The lowest BCUT2D eigenvalue weighted by Gasteiger charge is -2.31. The molecule has 4 amide bonds. The number of aryl methyl sites for hydroxylation is 3. The molecule has 1 unspecified atom stereocenters. The molecule has 0 saturated carbocycles. The van der Waals surface area contributed by atoms with Gasteiger partial charge in [0.25, 0.3) is 5.91 Å². The number of carbonyl (C=O) groups is 3. The Morgan fingerprint density at radius 3 is 2.32 bits per heavy atom. The molecule has 0 radical (unpaired) electrons. The molecule has 2 N–H and O–H groups in total. The third-order valence-corrected chi connectivity index (χ3v) is 5.69. The normalized spacial score (nSPS) is 18.3. The molecular weight excluding hydrogens is 392 g/mol. The van der Waals surface area contributed by atoms with Gasteiger partial charge in [-0.05, 0) is 49.6 Å². The van der Waals surface area contributed by atoms with E-state index in [0.717, 1.165) is 22.3 Å². The van der Waals surface area contributed by atoms with E-state index in [0.29, 0.717) is 17.0 Å². The molecule has 0 fully saturated rings. The standard InChI is InChI=1S/C24H26N4O3/c1-14-5-7-17(8-6-14)22-21-19(27(4)24(31)26-22)12-28(23(21)30)13-20(29)25-18-10-15(2)9-16(3)11-18/h5-11,22H,12-13H2,1-4H3,(H,25,29)(H,26,31). The van der Waals surface area contributed by atoms with E-state index in [2.05, 4.69) is 10.6 Å². The molecule has 0 saturated heterocycles. The number of carbonyl (C=O) groups excluding carboxylic acids is 3. The van der Waals surface area contributed by atoms with E-state index in [1.165, 1.54) is 9.80 Å². The summed E-state index contributed by atoms with van der Waals surface area (Å²) in [6.07, 6.45) is 0. The third kappa shape index (κ3) is 4.03. The van der Waals surface area contributed by atoms with Crippen LogP contribution in [0.3, 0.4) is 0 Å². The first-order chi connectivity index (χ1) is 14.7. The molecule has 2 aromatic carbocycles. The van der Waals surface area contributed by atoms with Crippen molar-refractivity contribution >= 4 is 23.5 Å². The molecule has 0 bridgehead atoms. The van der Waals surface area contributed by atoms with Crippen LogP contribution in [0.2, 0.25) is 0 Å². The molecule has 2 aliphatic heterocycles. The molecule has 2 heterocycles. The number of nitrogens with one attached hydrogen (secondary N) is 2. The van der Waals surface area contributed by atoms with Crippen LogP contribution in [-0.2, 0) is 9.59 Å². The SMILES string of the molecule is Cc1ccc(C2NC(=O)N(C)C3=C2C(=O)N(CC(=O)Nc2cc(C)cc(C)c2)C3)cc1. The van der Waals surface area contributed by atoms with Crippen LogP contribution in [0.25, 0.3) is 0 Å². The smallest absolute Gasteiger partial charge is 0.322 e. The molecule has 7 nitrogen and oxygen atoms in total. The molecule has 0 spiro atoms. The van der Waals surface area contributed by atoms with Crippen molar-refractivity contribution < 1.29 is 14.4 Å². The van der Waals surface area contributed by atoms with Gasteiger partial charge in [-0.15, -0.1) is 0 Å². The van der Waals surface area contributed by atoms with Crippen LogP contribution in [0.15, 0.2) is 53.7 Å². The minimum absolute atomic E-state index is 0.0819. The molecule has 0 aromatic heterocycles. The Bertz CT molecular complexity index is 1080. The van der Waals surface area contributed by atoms with Gasteiger partial charge in [-0.1, -0.05) is 35.9 Å². The lowest BCUT2D eigenvalue weighted by atomic mass is 9.95. The Hall–Kier alpha value is -3.61. The van der Waals surface area contributed by atoms with Gasteiger partial charge in [0.05, 0.1) is 23.9 Å². The van der Waals surface area contributed by atoms with E-state index in [9.17, 15) is 14.4 Å². The largest absolute Gasteiger partial charge is 0.327 e. The maximum Gasteiger partial charge on any atom is 0.322 e. The monoisotopic (exact) mass is 418 g/mol. The van der Waals surface area contributed by atoms with Crippen molar-refractivity contribution in [1.82, 2.24) is 15.1 Å². The van der Waals surface area contributed by atoms with Gasteiger partial charge in [0.2, 0.25) is 5.91 Å². The molecule has 1 atom stereocenters. The number of hydrogen-bond acceptors (Lipinski definition) is 3. The van der Waals surface area contributed by atoms with Crippen molar-refractivity contribution in [3.05, 3.63) is 76.0 Å². The van der Waals surface area contributed by atoms with Gasteiger partial charge in [-0.3, -0.25) is 14.5 Å². The van der Waals surface area contributed by atoms with Crippen molar-refractivity contribution in [1.29, 1.82) is 0 Å². The fraction of sp³-hybridized carbons (Fsp3) is 0.292. The summed E-state index contributed by atoms with van der Waals surface area (Å²) < 4.78 is 0. The van der Waals surface area contributed by atoms with Crippen LogP contribution in [0, 0.1) is 20.8 Å². The molecule has 4 rings (SSSR count). The molecule has 160 valence electrons. The van der Waals surface area contributed by atoms with E-state index >= 15 is 0 Å². The van der Waals surface area contributed by atoms with Crippen LogP contribution in [0.4, 0.5) is 10.5 Å². The third-order valence-electron chi connectivity index (χ3n) is 5.69. The lowest BCUT2D eigenvalue weighted by Crippen LogP contribution is -2.45. The molecule has 7 heteroatoms. The Morgan fingerprint density at radius 2 is 1.68 bits per heavy atom. The highest BCUT2D eigenvalue weighted by Gasteiger charge is 2.43. The lowest BCUT2D eigenvalue weighted by molar-refractivity contribution is -0.130. The van der Waals surface area contributed by atoms with Gasteiger partial charge < -0.3 is 15.5 Å². The molecular formula is C24H26N4O3. The van der Waals surface area contributed by atoms with Crippen LogP contribution in [0.5, 0.6) is 0 Å². The van der Waals surface area contributed by atoms with Gasteiger partial charge in [-0.25, -0.2) is 4.79 Å². The highest BCUT2D eigenvalue weighted by atomic mass is 16.2. The number of urea groups is 1. The summed E-state index contributed by atoms with van der Waals surface area (Å²) >= 11 is 0. The second kappa shape index (κ2) is 7.91. The number of anilines is 1. The molecule has 31 heavy (non-hydrogen) atoms. The van der Waals surface area contributed by atoms with E-state index < -0.39 is 6.04 Å². The highest BCUT2D eigenvalue weighted by Crippen LogP contribution is 2.35. The number of rotatable bonds is 4. The van der Waals surface area contributed by atoms with Crippen molar-refractivity contribution in [3.63, 3.8) is 0 Å². The average molecular weight is 418 g/mol. The quantitative estimate of drug-likeness (QED) is 0.801. The van der Waals surface area contributed by atoms with Gasteiger partial charge in [0, 0.05) is 12.7 Å². The Balaban J connectivity index is 1.54. The van der Waals surface area contributed by atoms with Crippen LogP contribution >= 0.6 is 0 Å². The summed E-state index contributed by atoms with van der Waals surface area (Å²) in [5, 5.41) is 5.78. The van der Waals surface area contributed by atoms with E-state index in [1.54, 1.807) is 7.05 Å². The first kappa shape index (κ1) is 20.7. The Kier molecular flexibility index (Phi) is 5.27. The number of amides is 4. The molecule has 0 aliphatic carbocycles. The average Bonchev–Trinajstić information content (AvgIpc) is 3.01. The predicted molar refractivity (Wildman–Crippen MR) is 118 cm³/mol. The zero-order valence-corrected chi connectivity index (χ0v) is 18.2. The van der Waals surface area contributed by atoms with Gasteiger partial charge in [0.15, 0.2) is 0 Å². The van der Waals surface area contributed by atoms with Crippen molar-refractivity contribution in [3.8, 4) is 0 Å². The minimum atomic E-state index is -0.528. The van der Waals surface area contributed by atoms with Crippen LogP contribution in [0.1, 0.15) is 28.3 Å². The zero-order chi connectivity index (χ0) is 22.3. The summed E-state index contributed by atoms with van der Waals surface area (Å²) in [7, 11) is 1.64. The summed E-state index contributed by atoms with van der Waals surface area (Å²) in [6, 6.07) is 12.8. The van der Waals surface area contributed by atoms with Gasteiger partial charge in [0.1, 0.15) is 6.54 Å². The second-order valence-electron chi connectivity index (χ2n) is 8.30. The number of likely N-dealkylation sites (N-methyl/N-ethyl adjacent to an activating group) is 1. The first-order valence-electron chi connectivity index (χ1n) is 10.2. The van der Waals surface area contributed by atoms with Gasteiger partial charge >= 0.3 is 6.03 Å². The number of hydrogen-bond donors (Lipinski definition) is 2. The topological polar surface area (TPSA) is 81.8 Å². The summed E-state index contributed by atoms with van der Waals surface area (Å²) in [6.45, 7) is 6.06. The van der Waals surface area contributed by atoms with Crippen molar-refractivity contribution in [2.75, 3.05) is 25.5 Å². The van der Waals surface area contributed by atoms with Crippen LogP contribution < -0.4 is 10.6 Å². The van der Waals surface area contributed by atoms with Crippen molar-refractivity contribution in [2.45, 2.75) is 26.8 Å². The predicted octanol–water partition coefficient (Wildman–Crippen LogP) is 3.04. The zero-order valence-electron chi connectivity index (χ0n) is 18.2. The second-order valence-corrected chi connectivity index (χ2v) is 8.30. The van der Waals surface area contributed by atoms with Crippen molar-refractivity contribution in [2.24, 2.45) is 0 Å². The maximum absolute atomic E-state index is 13.2. The summed E-state index contributed by atoms with van der Waals surface area (Å²) in [4.78, 5) is 41.4. The first-order valence-corrected chi connectivity index (χ1v) is 10.2. The highest BCUT2D eigenvalue weighted by molar-refractivity contribution is 6.04. The van der Waals surface area contributed by atoms with E-state index in [-0.39, 0.29) is 30.9 Å². The molecule has 2 aliphatic rings. The summed E-state index contributed by atoms with van der Waals surface area (Å²) in [5.41, 5.74) is 5.91. The summed E-state index contributed by atoms with van der Waals surface area (Å²) in [5.74, 6) is -0.505. The van der Waals surface area contributed by atoms with E-state index in [4.69, 9.17) is 0 Å². The van der Waals surface area contributed by atoms with Crippen LogP contribution in [-0.4, -0.2) is 47.8 Å². The van der Waals surface area contributed by atoms with Gasteiger partial charge in [-0.2, -0.15) is 0 Å². The fourth-order valence-corrected chi connectivity index (χ4v) is 4.18.